The van der Waals surface area contributed by atoms with E-state index in [9.17, 15) is 9.59 Å². The molecule has 0 bridgehead atoms. The highest BCUT2D eigenvalue weighted by Gasteiger charge is 2.19. The first-order valence-corrected chi connectivity index (χ1v) is 6.21. The maximum Gasteiger partial charge on any atom is 0.410 e. The molecule has 1 rings (SSSR count). The van der Waals surface area contributed by atoms with E-state index in [4.69, 9.17) is 21.4 Å². The molecule has 0 atom stereocenters. The van der Waals surface area contributed by atoms with Crippen molar-refractivity contribution in [1.82, 2.24) is 4.90 Å². The standard InChI is InChI=1S/C11H12ClNO4S/c1-2-5-17-11(16)13(7-10(14)15)6-8-3-4-9(12)18-8/h2-4H,1,5-7H2,(H,14,15). The minimum atomic E-state index is -1.10. The Morgan fingerprint density at radius 3 is 2.78 bits per heavy atom. The van der Waals surface area contributed by atoms with Gasteiger partial charge in [-0.05, 0) is 12.1 Å². The number of nitrogens with zero attached hydrogens (tertiary/aromatic N) is 1. The second-order valence-electron chi connectivity index (χ2n) is 3.32. The first-order valence-electron chi connectivity index (χ1n) is 5.01. The summed E-state index contributed by atoms with van der Waals surface area (Å²) in [5.74, 6) is -1.10. The van der Waals surface area contributed by atoms with Gasteiger partial charge < -0.3 is 9.84 Å². The molecule has 1 aromatic heterocycles. The summed E-state index contributed by atoms with van der Waals surface area (Å²) >= 11 is 7.05. The minimum Gasteiger partial charge on any atom is -0.480 e. The van der Waals surface area contributed by atoms with Crippen LogP contribution in [0.5, 0.6) is 0 Å². The zero-order chi connectivity index (χ0) is 13.5. The molecular weight excluding hydrogens is 278 g/mol. The molecule has 0 spiro atoms. The van der Waals surface area contributed by atoms with E-state index in [-0.39, 0.29) is 13.2 Å². The average molecular weight is 290 g/mol. The molecule has 0 aliphatic rings. The second-order valence-corrected chi connectivity index (χ2v) is 5.12. The molecule has 0 saturated heterocycles. The molecule has 1 heterocycles. The fraction of sp³-hybridized carbons (Fsp3) is 0.273. The van der Waals surface area contributed by atoms with Crippen molar-refractivity contribution < 1.29 is 19.4 Å². The Morgan fingerprint density at radius 2 is 2.28 bits per heavy atom. The van der Waals surface area contributed by atoms with E-state index >= 15 is 0 Å². The summed E-state index contributed by atoms with van der Waals surface area (Å²) in [4.78, 5) is 24.2. The van der Waals surface area contributed by atoms with Crippen LogP contribution in [0.2, 0.25) is 4.34 Å². The van der Waals surface area contributed by atoms with Gasteiger partial charge in [-0.25, -0.2) is 4.79 Å². The van der Waals surface area contributed by atoms with Crippen LogP contribution in [-0.4, -0.2) is 35.2 Å². The average Bonchev–Trinajstić information content (AvgIpc) is 2.70. The summed E-state index contributed by atoms with van der Waals surface area (Å²) in [5, 5.41) is 8.75. The predicted molar refractivity (Wildman–Crippen MR) is 68.9 cm³/mol. The largest absolute Gasteiger partial charge is 0.480 e. The molecule has 0 radical (unpaired) electrons. The smallest absolute Gasteiger partial charge is 0.410 e. The van der Waals surface area contributed by atoms with Crippen molar-refractivity contribution >= 4 is 35.0 Å². The first-order chi connectivity index (χ1) is 8.52. The van der Waals surface area contributed by atoms with E-state index in [0.29, 0.717) is 4.34 Å². The van der Waals surface area contributed by atoms with Gasteiger partial charge in [0.15, 0.2) is 0 Å². The number of carbonyl (C=O) groups is 2. The Hall–Kier alpha value is -1.53. The fourth-order valence-electron chi connectivity index (χ4n) is 1.19. The van der Waals surface area contributed by atoms with Crippen molar-refractivity contribution in [2.45, 2.75) is 6.54 Å². The molecule has 18 heavy (non-hydrogen) atoms. The van der Waals surface area contributed by atoms with Crippen LogP contribution in [0, 0.1) is 0 Å². The molecule has 7 heteroatoms. The number of halogens is 1. The Kier molecular flexibility index (Phi) is 5.67. The molecule has 98 valence electrons. The molecule has 0 unspecified atom stereocenters. The zero-order valence-corrected chi connectivity index (χ0v) is 11.0. The van der Waals surface area contributed by atoms with Crippen LogP contribution in [0.25, 0.3) is 0 Å². The summed E-state index contributed by atoms with van der Waals surface area (Å²) in [6, 6.07) is 3.43. The van der Waals surface area contributed by atoms with Gasteiger partial charge in [0.25, 0.3) is 0 Å². The van der Waals surface area contributed by atoms with E-state index in [0.717, 1.165) is 9.78 Å². The van der Waals surface area contributed by atoms with Gasteiger partial charge >= 0.3 is 12.1 Å². The third-order valence-electron chi connectivity index (χ3n) is 1.88. The van der Waals surface area contributed by atoms with Crippen LogP contribution in [-0.2, 0) is 16.1 Å². The lowest BCUT2D eigenvalue weighted by molar-refractivity contribution is -0.138. The molecule has 1 aromatic rings. The van der Waals surface area contributed by atoms with Crippen molar-refractivity contribution in [3.63, 3.8) is 0 Å². The van der Waals surface area contributed by atoms with Crippen molar-refractivity contribution in [3.8, 4) is 0 Å². The van der Waals surface area contributed by atoms with E-state index < -0.39 is 18.6 Å². The lowest BCUT2D eigenvalue weighted by Crippen LogP contribution is -2.35. The number of carboxylic acid groups (broad SMARTS) is 1. The molecule has 1 N–H and O–H groups in total. The molecule has 0 aliphatic carbocycles. The monoisotopic (exact) mass is 289 g/mol. The minimum absolute atomic E-state index is 0.0418. The van der Waals surface area contributed by atoms with Gasteiger partial charge in [-0.3, -0.25) is 9.69 Å². The van der Waals surface area contributed by atoms with Crippen LogP contribution in [0.3, 0.4) is 0 Å². The lowest BCUT2D eigenvalue weighted by Gasteiger charge is -2.18. The van der Waals surface area contributed by atoms with Crippen molar-refractivity contribution in [1.29, 1.82) is 0 Å². The van der Waals surface area contributed by atoms with Gasteiger partial charge in [0.1, 0.15) is 13.2 Å². The molecular formula is C11H12ClNO4S. The number of carbonyl (C=O) groups excluding carboxylic acids is 1. The van der Waals surface area contributed by atoms with E-state index in [1.54, 1.807) is 12.1 Å². The van der Waals surface area contributed by atoms with Gasteiger partial charge in [-0.2, -0.15) is 0 Å². The molecule has 5 nitrogen and oxygen atoms in total. The number of ether oxygens (including phenoxy) is 1. The van der Waals surface area contributed by atoms with E-state index in [1.165, 1.54) is 17.4 Å². The molecule has 0 aromatic carbocycles. The van der Waals surface area contributed by atoms with E-state index in [2.05, 4.69) is 6.58 Å². The van der Waals surface area contributed by atoms with Crippen LogP contribution >= 0.6 is 22.9 Å². The van der Waals surface area contributed by atoms with Gasteiger partial charge in [0.2, 0.25) is 0 Å². The van der Waals surface area contributed by atoms with Gasteiger partial charge in [-0.1, -0.05) is 24.3 Å². The third-order valence-corrected chi connectivity index (χ3v) is 3.10. The Balaban J connectivity index is 2.68. The number of rotatable bonds is 6. The normalized spacial score (nSPS) is 9.83. The Bertz CT molecular complexity index is 446. The van der Waals surface area contributed by atoms with Gasteiger partial charge in [-0.15, -0.1) is 11.3 Å². The summed E-state index contributed by atoms with van der Waals surface area (Å²) in [6.45, 7) is 3.18. The zero-order valence-electron chi connectivity index (χ0n) is 9.47. The van der Waals surface area contributed by atoms with Gasteiger partial charge in [0, 0.05) is 4.88 Å². The molecule has 1 amide bonds. The maximum atomic E-state index is 11.6. The molecule has 0 fully saturated rings. The van der Waals surface area contributed by atoms with Crippen molar-refractivity contribution in [2.24, 2.45) is 0 Å². The van der Waals surface area contributed by atoms with Crippen LogP contribution in [0.4, 0.5) is 4.79 Å². The number of hydrogen-bond acceptors (Lipinski definition) is 4. The highest BCUT2D eigenvalue weighted by Crippen LogP contribution is 2.22. The summed E-state index contributed by atoms with van der Waals surface area (Å²) in [5.41, 5.74) is 0. The number of thiophene rings is 1. The quantitative estimate of drug-likeness (QED) is 0.818. The highest BCUT2D eigenvalue weighted by molar-refractivity contribution is 7.16. The van der Waals surface area contributed by atoms with Crippen molar-refractivity contribution in [2.75, 3.05) is 13.2 Å². The molecule has 0 aliphatic heterocycles. The summed E-state index contributed by atoms with van der Waals surface area (Å²) < 4.78 is 5.39. The number of amides is 1. The summed E-state index contributed by atoms with van der Waals surface area (Å²) in [7, 11) is 0. The van der Waals surface area contributed by atoms with E-state index in [1.807, 2.05) is 0 Å². The number of carboxylic acids is 1. The highest BCUT2D eigenvalue weighted by atomic mass is 35.5. The topological polar surface area (TPSA) is 66.8 Å². The van der Waals surface area contributed by atoms with Gasteiger partial charge in [0.05, 0.1) is 10.9 Å². The third kappa shape index (κ3) is 4.77. The predicted octanol–water partition coefficient (Wildman–Crippen LogP) is 2.61. The second kappa shape index (κ2) is 7.03. The first kappa shape index (κ1) is 14.5. The SMILES string of the molecule is C=CCOC(=O)N(CC(=O)O)Cc1ccc(Cl)s1. The Morgan fingerprint density at radius 1 is 1.56 bits per heavy atom. The molecule has 0 saturated carbocycles. The maximum absolute atomic E-state index is 11.6. The van der Waals surface area contributed by atoms with Crippen LogP contribution in [0.1, 0.15) is 4.88 Å². The number of hydrogen-bond donors (Lipinski definition) is 1. The summed E-state index contributed by atoms with van der Waals surface area (Å²) in [6.07, 6.45) is 0.723. The van der Waals surface area contributed by atoms with Crippen LogP contribution in [0.15, 0.2) is 24.8 Å². The van der Waals surface area contributed by atoms with Crippen molar-refractivity contribution in [3.05, 3.63) is 34.0 Å². The number of aliphatic carboxylic acids is 1. The fourth-order valence-corrected chi connectivity index (χ4v) is 2.30. The van der Waals surface area contributed by atoms with Crippen LogP contribution < -0.4 is 0 Å². The lowest BCUT2D eigenvalue weighted by atomic mass is 10.4. The Labute approximate surface area is 113 Å².